The van der Waals surface area contributed by atoms with Crippen molar-refractivity contribution in [2.75, 3.05) is 19.4 Å². The van der Waals surface area contributed by atoms with Gasteiger partial charge in [-0.05, 0) is 30.3 Å². The standard InChI is InChI=1S/C21H18N2O5S/c1-23(2)29(25,26)20-12-15-18(13-19(20)27-14-8-4-3-5-9-14)28-17-11-7-6-10-16(17)22-21(15)24/h3-13H,1-2H3,(H,22,24). The van der Waals surface area contributed by atoms with E-state index in [4.69, 9.17) is 9.47 Å². The monoisotopic (exact) mass is 410 g/mol. The Kier molecular flexibility index (Phi) is 4.73. The minimum absolute atomic E-state index is 0.0656. The number of ether oxygens (including phenoxy) is 2. The van der Waals surface area contributed by atoms with Crippen LogP contribution in [0.2, 0.25) is 0 Å². The number of anilines is 1. The molecule has 0 spiro atoms. The van der Waals surface area contributed by atoms with Gasteiger partial charge in [0.2, 0.25) is 10.0 Å². The zero-order valence-corrected chi connectivity index (χ0v) is 16.6. The van der Waals surface area contributed by atoms with Gasteiger partial charge in [-0.15, -0.1) is 0 Å². The van der Waals surface area contributed by atoms with E-state index in [0.29, 0.717) is 17.2 Å². The van der Waals surface area contributed by atoms with Crippen LogP contribution in [-0.4, -0.2) is 32.7 Å². The number of amides is 1. The van der Waals surface area contributed by atoms with Crippen molar-refractivity contribution in [3.05, 3.63) is 72.3 Å². The van der Waals surface area contributed by atoms with Gasteiger partial charge in [-0.3, -0.25) is 4.79 Å². The average molecular weight is 410 g/mol. The zero-order valence-electron chi connectivity index (χ0n) is 15.7. The van der Waals surface area contributed by atoms with Crippen LogP contribution in [0, 0.1) is 0 Å². The van der Waals surface area contributed by atoms with Crippen molar-refractivity contribution in [3.63, 3.8) is 0 Å². The van der Waals surface area contributed by atoms with Crippen LogP contribution >= 0.6 is 0 Å². The fraction of sp³-hybridized carbons (Fsp3) is 0.0952. The number of sulfonamides is 1. The lowest BCUT2D eigenvalue weighted by atomic mass is 10.1. The normalized spacial score (nSPS) is 13.0. The first-order chi connectivity index (χ1) is 13.9. The molecule has 7 nitrogen and oxygen atoms in total. The average Bonchev–Trinajstić information content (AvgIpc) is 2.83. The number of nitrogens with one attached hydrogen (secondary N) is 1. The summed E-state index contributed by atoms with van der Waals surface area (Å²) in [5, 5.41) is 2.74. The van der Waals surface area contributed by atoms with Gasteiger partial charge in [0.15, 0.2) is 11.5 Å². The molecule has 4 rings (SSSR count). The van der Waals surface area contributed by atoms with Crippen LogP contribution in [0.3, 0.4) is 0 Å². The summed E-state index contributed by atoms with van der Waals surface area (Å²) in [7, 11) is -1.06. The van der Waals surface area contributed by atoms with E-state index in [0.717, 1.165) is 4.31 Å². The third-order valence-corrected chi connectivity index (χ3v) is 6.21. The quantitative estimate of drug-likeness (QED) is 0.700. The molecule has 0 aliphatic carbocycles. The molecule has 29 heavy (non-hydrogen) atoms. The number of fused-ring (bicyclic) bond motifs is 2. The molecule has 1 N–H and O–H groups in total. The molecule has 0 aromatic heterocycles. The second kappa shape index (κ2) is 7.23. The molecular weight excluding hydrogens is 392 g/mol. The maximum absolute atomic E-state index is 12.9. The molecule has 0 saturated carbocycles. The van der Waals surface area contributed by atoms with Gasteiger partial charge in [-0.2, -0.15) is 0 Å². The van der Waals surface area contributed by atoms with Crippen LogP contribution in [0.25, 0.3) is 0 Å². The summed E-state index contributed by atoms with van der Waals surface area (Å²) < 4.78 is 38.7. The van der Waals surface area contributed by atoms with Gasteiger partial charge in [-0.25, -0.2) is 12.7 Å². The molecule has 3 aromatic rings. The number of benzene rings is 3. The Hall–Kier alpha value is -3.36. The van der Waals surface area contributed by atoms with Gasteiger partial charge in [-0.1, -0.05) is 30.3 Å². The topological polar surface area (TPSA) is 84.9 Å². The lowest BCUT2D eigenvalue weighted by Crippen LogP contribution is -2.23. The number of para-hydroxylation sites is 3. The van der Waals surface area contributed by atoms with Gasteiger partial charge in [0.25, 0.3) is 5.91 Å². The van der Waals surface area contributed by atoms with E-state index >= 15 is 0 Å². The van der Waals surface area contributed by atoms with E-state index in [1.165, 1.54) is 26.2 Å². The molecule has 1 heterocycles. The van der Waals surface area contributed by atoms with Crippen LogP contribution in [0.15, 0.2) is 71.6 Å². The Morgan fingerprint density at radius 1 is 0.931 bits per heavy atom. The predicted molar refractivity (Wildman–Crippen MR) is 108 cm³/mol. The Morgan fingerprint density at radius 2 is 1.62 bits per heavy atom. The van der Waals surface area contributed by atoms with Gasteiger partial charge in [0, 0.05) is 20.2 Å². The summed E-state index contributed by atoms with van der Waals surface area (Å²) in [6.07, 6.45) is 0. The van der Waals surface area contributed by atoms with E-state index in [9.17, 15) is 13.2 Å². The van der Waals surface area contributed by atoms with E-state index in [-0.39, 0.29) is 22.0 Å². The largest absolute Gasteiger partial charge is 0.456 e. The van der Waals surface area contributed by atoms with Crippen molar-refractivity contribution in [2.24, 2.45) is 0 Å². The van der Waals surface area contributed by atoms with Crippen LogP contribution in [0.5, 0.6) is 23.0 Å². The first kappa shape index (κ1) is 19.0. The van der Waals surface area contributed by atoms with Crippen molar-refractivity contribution in [1.29, 1.82) is 0 Å². The van der Waals surface area contributed by atoms with Crippen LogP contribution < -0.4 is 14.8 Å². The first-order valence-corrected chi connectivity index (χ1v) is 10.2. The molecule has 8 heteroatoms. The molecule has 3 aromatic carbocycles. The van der Waals surface area contributed by atoms with Crippen molar-refractivity contribution in [1.82, 2.24) is 4.31 Å². The summed E-state index contributed by atoms with van der Waals surface area (Å²) in [4.78, 5) is 12.6. The molecular formula is C21H18N2O5S. The molecule has 0 unspecified atom stereocenters. The molecule has 1 amide bonds. The first-order valence-electron chi connectivity index (χ1n) is 8.78. The number of carbonyl (C=O) groups is 1. The Labute approximate surface area is 168 Å². The molecule has 0 bridgehead atoms. The minimum Gasteiger partial charge on any atom is -0.456 e. The van der Waals surface area contributed by atoms with Crippen LogP contribution in [-0.2, 0) is 10.0 Å². The van der Waals surface area contributed by atoms with E-state index in [2.05, 4.69) is 5.32 Å². The number of hydrogen-bond donors (Lipinski definition) is 1. The second-order valence-corrected chi connectivity index (χ2v) is 8.67. The van der Waals surface area contributed by atoms with Crippen LogP contribution in [0.4, 0.5) is 5.69 Å². The molecule has 1 aliphatic rings. The number of nitrogens with zero attached hydrogens (tertiary/aromatic N) is 1. The lowest BCUT2D eigenvalue weighted by molar-refractivity contribution is 0.102. The maximum atomic E-state index is 12.9. The molecule has 0 fully saturated rings. The highest BCUT2D eigenvalue weighted by molar-refractivity contribution is 7.89. The summed E-state index contributed by atoms with van der Waals surface area (Å²) in [5.74, 6) is 0.716. The summed E-state index contributed by atoms with van der Waals surface area (Å²) >= 11 is 0. The van der Waals surface area contributed by atoms with Gasteiger partial charge in [0.1, 0.15) is 16.4 Å². The number of hydrogen-bond acceptors (Lipinski definition) is 5. The third kappa shape index (κ3) is 3.55. The Balaban J connectivity index is 1.90. The maximum Gasteiger partial charge on any atom is 0.259 e. The second-order valence-electron chi connectivity index (χ2n) is 6.55. The van der Waals surface area contributed by atoms with E-state index < -0.39 is 15.9 Å². The molecule has 1 aliphatic heterocycles. The van der Waals surface area contributed by atoms with Gasteiger partial charge < -0.3 is 14.8 Å². The van der Waals surface area contributed by atoms with Crippen molar-refractivity contribution >= 4 is 21.6 Å². The highest BCUT2D eigenvalue weighted by atomic mass is 32.2. The predicted octanol–water partition coefficient (Wildman–Crippen LogP) is 4.09. The molecule has 0 saturated heterocycles. The Morgan fingerprint density at radius 3 is 2.34 bits per heavy atom. The number of carbonyl (C=O) groups excluding carboxylic acids is 1. The molecule has 0 atom stereocenters. The fourth-order valence-electron chi connectivity index (χ4n) is 2.86. The third-order valence-electron chi connectivity index (χ3n) is 4.38. The highest BCUT2D eigenvalue weighted by Crippen LogP contribution is 2.41. The van der Waals surface area contributed by atoms with E-state index in [1.807, 2.05) is 6.07 Å². The summed E-state index contributed by atoms with van der Waals surface area (Å²) in [5.41, 5.74) is 0.596. The smallest absolute Gasteiger partial charge is 0.259 e. The minimum atomic E-state index is -3.89. The molecule has 0 radical (unpaired) electrons. The highest BCUT2D eigenvalue weighted by Gasteiger charge is 2.29. The van der Waals surface area contributed by atoms with E-state index in [1.54, 1.807) is 48.5 Å². The molecule has 148 valence electrons. The Bertz CT molecular complexity index is 1190. The SMILES string of the molecule is CN(C)S(=O)(=O)c1cc2c(cc1Oc1ccccc1)Oc1ccccc1NC2=O. The van der Waals surface area contributed by atoms with Gasteiger partial charge in [0.05, 0.1) is 11.3 Å². The lowest BCUT2D eigenvalue weighted by Gasteiger charge is -2.18. The summed E-state index contributed by atoms with van der Waals surface area (Å²) in [6, 6.07) is 18.5. The summed E-state index contributed by atoms with van der Waals surface area (Å²) in [6.45, 7) is 0. The zero-order chi connectivity index (χ0) is 20.6. The fourth-order valence-corrected chi connectivity index (χ4v) is 3.88. The van der Waals surface area contributed by atoms with Crippen molar-refractivity contribution in [2.45, 2.75) is 4.90 Å². The number of rotatable bonds is 4. The van der Waals surface area contributed by atoms with Crippen molar-refractivity contribution < 1.29 is 22.7 Å². The van der Waals surface area contributed by atoms with Crippen LogP contribution in [0.1, 0.15) is 10.4 Å². The van der Waals surface area contributed by atoms with Crippen molar-refractivity contribution in [3.8, 4) is 23.0 Å². The van der Waals surface area contributed by atoms with Gasteiger partial charge >= 0.3 is 0 Å².